The molecule has 0 N–H and O–H groups in total. The van der Waals surface area contributed by atoms with Crippen LogP contribution >= 0.6 is 0 Å². The maximum Gasteiger partial charge on any atom is 0.147 e. The van der Waals surface area contributed by atoms with Crippen molar-refractivity contribution in [2.45, 2.75) is 13.5 Å². The summed E-state index contributed by atoms with van der Waals surface area (Å²) in [4.78, 5) is 0. The first-order valence-electron chi connectivity index (χ1n) is 10.2. The van der Waals surface area contributed by atoms with Gasteiger partial charge in [-0.05, 0) is 29.7 Å². The van der Waals surface area contributed by atoms with Crippen LogP contribution in [0, 0.1) is 12.7 Å². The predicted octanol–water partition coefficient (Wildman–Crippen LogP) is 7.47. The van der Waals surface area contributed by atoms with Crippen LogP contribution in [0.5, 0.6) is 0 Å². The summed E-state index contributed by atoms with van der Waals surface area (Å²) in [7, 11) is 0. The summed E-state index contributed by atoms with van der Waals surface area (Å²) in [6.07, 6.45) is 0. The van der Waals surface area contributed by atoms with Crippen molar-refractivity contribution in [3.8, 4) is 22.4 Å². The molecule has 0 bridgehead atoms. The van der Waals surface area contributed by atoms with E-state index in [0.29, 0.717) is 12.1 Å². The predicted molar refractivity (Wildman–Crippen MR) is 123 cm³/mol. The van der Waals surface area contributed by atoms with Gasteiger partial charge in [0, 0.05) is 17.5 Å². The van der Waals surface area contributed by atoms with Gasteiger partial charge in [0.1, 0.15) is 5.82 Å². The van der Waals surface area contributed by atoms with Gasteiger partial charge in [-0.15, -0.1) is 0 Å². The largest absolute Gasteiger partial charge is 0.333 e. The molecular formula is C28H22FN. The number of rotatable bonds is 4. The highest BCUT2D eigenvalue weighted by Crippen LogP contribution is 2.42. The molecule has 0 unspecified atom stereocenters. The normalized spacial score (nSPS) is 11.1. The number of hydrogen-bond donors (Lipinski definition) is 0. The van der Waals surface area contributed by atoms with E-state index in [0.717, 1.165) is 33.3 Å². The van der Waals surface area contributed by atoms with Gasteiger partial charge in [-0.1, -0.05) is 103 Å². The van der Waals surface area contributed by atoms with Gasteiger partial charge in [0.25, 0.3) is 0 Å². The number of aryl methyl sites for hydroxylation is 1. The van der Waals surface area contributed by atoms with E-state index in [1.165, 1.54) is 5.56 Å². The molecular weight excluding hydrogens is 369 g/mol. The zero-order chi connectivity index (χ0) is 20.5. The van der Waals surface area contributed by atoms with E-state index in [2.05, 4.69) is 60.0 Å². The van der Waals surface area contributed by atoms with E-state index < -0.39 is 0 Å². The quantitative estimate of drug-likeness (QED) is 0.299. The third-order valence-corrected chi connectivity index (χ3v) is 5.60. The van der Waals surface area contributed by atoms with Gasteiger partial charge in [0.15, 0.2) is 0 Å². The van der Waals surface area contributed by atoms with Crippen LogP contribution in [0.2, 0.25) is 0 Å². The Bertz CT molecular complexity index is 1300. The number of hydrogen-bond acceptors (Lipinski definition) is 0. The van der Waals surface area contributed by atoms with Crippen LogP contribution in [0.15, 0.2) is 103 Å². The Kier molecular flexibility index (Phi) is 4.68. The van der Waals surface area contributed by atoms with Gasteiger partial charge in [-0.3, -0.25) is 0 Å². The van der Waals surface area contributed by atoms with E-state index >= 15 is 4.39 Å². The Hall–Kier alpha value is -3.65. The third-order valence-electron chi connectivity index (χ3n) is 5.60. The molecule has 0 saturated heterocycles. The van der Waals surface area contributed by atoms with E-state index in [4.69, 9.17) is 0 Å². The second-order valence-electron chi connectivity index (χ2n) is 7.66. The zero-order valence-electron chi connectivity index (χ0n) is 16.8. The lowest BCUT2D eigenvalue weighted by molar-refractivity contribution is 0.629. The molecule has 146 valence electrons. The Morgan fingerprint density at radius 3 is 2.03 bits per heavy atom. The van der Waals surface area contributed by atoms with Gasteiger partial charge >= 0.3 is 0 Å². The summed E-state index contributed by atoms with van der Waals surface area (Å²) in [5.74, 6) is -0.195. The Morgan fingerprint density at radius 1 is 0.667 bits per heavy atom. The second-order valence-corrected chi connectivity index (χ2v) is 7.66. The molecule has 2 heteroatoms. The Labute approximate surface area is 176 Å². The first-order valence-corrected chi connectivity index (χ1v) is 10.2. The summed E-state index contributed by atoms with van der Waals surface area (Å²) in [5.41, 5.74) is 7.30. The molecule has 1 heterocycles. The fourth-order valence-corrected chi connectivity index (χ4v) is 4.20. The summed E-state index contributed by atoms with van der Waals surface area (Å²) in [6, 6.07) is 34.4. The minimum absolute atomic E-state index is 0.195. The lowest BCUT2D eigenvalue weighted by Gasteiger charge is -2.14. The van der Waals surface area contributed by atoms with Crippen molar-refractivity contribution in [2.24, 2.45) is 0 Å². The number of para-hydroxylation sites is 1. The summed E-state index contributed by atoms with van der Waals surface area (Å²) in [5, 5.41) is 0.939. The molecule has 4 aromatic carbocycles. The van der Waals surface area contributed by atoms with Crippen LogP contribution < -0.4 is 0 Å². The van der Waals surface area contributed by atoms with Crippen LogP contribution in [0.4, 0.5) is 4.39 Å². The fourth-order valence-electron chi connectivity index (χ4n) is 4.20. The molecule has 1 nitrogen and oxygen atoms in total. The van der Waals surface area contributed by atoms with Gasteiger partial charge in [-0.25, -0.2) is 4.39 Å². The molecule has 1 aromatic heterocycles. The molecule has 0 amide bonds. The third kappa shape index (κ3) is 3.21. The molecule has 5 aromatic rings. The highest BCUT2D eigenvalue weighted by molar-refractivity contribution is 6.04. The maximum atomic E-state index is 15.2. The van der Waals surface area contributed by atoms with Crippen LogP contribution in [0.25, 0.3) is 33.3 Å². The Morgan fingerprint density at radius 2 is 1.33 bits per heavy atom. The SMILES string of the molecule is Cc1ccc(-c2c(-c3ccccc3)n(Cc3ccccc3)c3c(F)cccc23)cc1. The van der Waals surface area contributed by atoms with Crippen molar-refractivity contribution in [1.82, 2.24) is 4.57 Å². The highest BCUT2D eigenvalue weighted by Gasteiger charge is 2.22. The average Bonchev–Trinajstić information content (AvgIpc) is 3.11. The van der Waals surface area contributed by atoms with E-state index in [9.17, 15) is 0 Å². The maximum absolute atomic E-state index is 15.2. The highest BCUT2D eigenvalue weighted by atomic mass is 19.1. The number of aromatic nitrogens is 1. The first kappa shape index (κ1) is 18.4. The topological polar surface area (TPSA) is 4.93 Å². The van der Waals surface area contributed by atoms with E-state index in [1.54, 1.807) is 12.1 Å². The average molecular weight is 391 g/mol. The standard InChI is InChI=1S/C28H22FN/c1-20-15-17-22(18-16-20)26-24-13-8-14-25(29)28(24)30(19-21-9-4-2-5-10-21)27(26)23-11-6-3-7-12-23/h2-18H,19H2,1H3. The van der Waals surface area contributed by atoms with Crippen molar-refractivity contribution < 1.29 is 4.39 Å². The molecule has 0 fully saturated rings. The van der Waals surface area contributed by atoms with Gasteiger partial charge in [0.05, 0.1) is 11.2 Å². The minimum Gasteiger partial charge on any atom is -0.333 e. The van der Waals surface area contributed by atoms with Gasteiger partial charge in [0.2, 0.25) is 0 Å². The molecule has 30 heavy (non-hydrogen) atoms. The molecule has 0 aliphatic carbocycles. The second kappa shape index (κ2) is 7.64. The molecule has 0 spiro atoms. The van der Waals surface area contributed by atoms with Crippen molar-refractivity contribution in [3.63, 3.8) is 0 Å². The van der Waals surface area contributed by atoms with Gasteiger partial charge < -0.3 is 4.57 Å². The van der Waals surface area contributed by atoms with Crippen molar-refractivity contribution in [3.05, 3.63) is 120 Å². The van der Waals surface area contributed by atoms with Crippen LogP contribution in [0.3, 0.4) is 0 Å². The summed E-state index contributed by atoms with van der Waals surface area (Å²) < 4.78 is 17.3. The van der Waals surface area contributed by atoms with Crippen LogP contribution in [0.1, 0.15) is 11.1 Å². The minimum atomic E-state index is -0.195. The molecule has 0 radical (unpaired) electrons. The van der Waals surface area contributed by atoms with Crippen LogP contribution in [-0.4, -0.2) is 4.57 Å². The van der Waals surface area contributed by atoms with E-state index in [-0.39, 0.29) is 5.82 Å². The summed E-state index contributed by atoms with van der Waals surface area (Å²) in [6.45, 7) is 2.69. The lowest BCUT2D eigenvalue weighted by atomic mass is 9.97. The van der Waals surface area contributed by atoms with Crippen molar-refractivity contribution in [2.75, 3.05) is 0 Å². The van der Waals surface area contributed by atoms with Gasteiger partial charge in [-0.2, -0.15) is 0 Å². The zero-order valence-corrected chi connectivity index (χ0v) is 16.8. The fraction of sp³-hybridized carbons (Fsp3) is 0.0714. The number of benzene rings is 4. The number of nitrogens with zero attached hydrogens (tertiary/aromatic N) is 1. The molecule has 0 saturated carbocycles. The first-order chi connectivity index (χ1) is 14.7. The molecule has 5 rings (SSSR count). The Balaban J connectivity index is 1.88. The lowest BCUT2D eigenvalue weighted by Crippen LogP contribution is -2.03. The van der Waals surface area contributed by atoms with E-state index in [1.807, 2.05) is 42.5 Å². The molecule has 0 aliphatic heterocycles. The van der Waals surface area contributed by atoms with Crippen LogP contribution in [-0.2, 0) is 6.54 Å². The van der Waals surface area contributed by atoms with Crippen molar-refractivity contribution >= 4 is 10.9 Å². The monoisotopic (exact) mass is 391 g/mol. The number of halogens is 1. The molecule has 0 atom stereocenters. The smallest absolute Gasteiger partial charge is 0.147 e. The summed E-state index contributed by atoms with van der Waals surface area (Å²) >= 11 is 0. The number of fused-ring (bicyclic) bond motifs is 1. The molecule has 0 aliphatic rings. The van der Waals surface area contributed by atoms with Crippen molar-refractivity contribution in [1.29, 1.82) is 0 Å².